The molecule has 0 aliphatic carbocycles. The molecule has 0 bridgehead atoms. The van der Waals surface area contributed by atoms with Crippen LogP contribution in [0.5, 0.6) is 0 Å². The summed E-state index contributed by atoms with van der Waals surface area (Å²) < 4.78 is 47.6. The van der Waals surface area contributed by atoms with Gasteiger partial charge in [-0.15, -0.1) is 0 Å². The van der Waals surface area contributed by atoms with Crippen LogP contribution in [0.25, 0.3) is 22.3 Å². The first-order valence-corrected chi connectivity index (χ1v) is 16.0. The summed E-state index contributed by atoms with van der Waals surface area (Å²) in [5.74, 6) is 0.525. The van der Waals surface area contributed by atoms with Crippen LogP contribution in [0.2, 0.25) is 0 Å². The fraction of sp³-hybridized carbons (Fsp3) is 0.259. The average molecular weight is 566 g/mol. The number of anilines is 1. The Balaban J connectivity index is 1.33. The first-order chi connectivity index (χ1) is 18.5. The molecular formula is C27H27N5O5S2. The van der Waals surface area contributed by atoms with Crippen molar-refractivity contribution in [3.63, 3.8) is 0 Å². The minimum Gasteiger partial charge on any atom is -0.355 e. The van der Waals surface area contributed by atoms with Crippen molar-refractivity contribution in [2.24, 2.45) is 0 Å². The van der Waals surface area contributed by atoms with E-state index < -0.39 is 25.6 Å². The Kier molecular flexibility index (Phi) is 7.08. The number of benzene rings is 1. The molecule has 0 unspecified atom stereocenters. The van der Waals surface area contributed by atoms with Crippen molar-refractivity contribution >= 4 is 42.3 Å². The van der Waals surface area contributed by atoms with Gasteiger partial charge in [-0.25, -0.2) is 26.8 Å². The first kappa shape index (κ1) is 26.7. The van der Waals surface area contributed by atoms with Crippen molar-refractivity contribution < 1.29 is 21.6 Å². The van der Waals surface area contributed by atoms with Crippen molar-refractivity contribution in [2.75, 3.05) is 35.8 Å². The molecule has 4 heterocycles. The first-order valence-electron chi connectivity index (χ1n) is 12.3. The van der Waals surface area contributed by atoms with Crippen LogP contribution in [0.1, 0.15) is 21.6 Å². The molecule has 10 nitrogen and oxygen atoms in total. The molecule has 0 spiro atoms. The summed E-state index contributed by atoms with van der Waals surface area (Å²) >= 11 is 0. The largest absolute Gasteiger partial charge is 0.355 e. The number of aryl methyl sites for hydroxylation is 1. The number of carbonyl (C=O) groups excluding carboxylic acids is 1. The van der Waals surface area contributed by atoms with Crippen molar-refractivity contribution in [3.05, 3.63) is 77.6 Å². The van der Waals surface area contributed by atoms with E-state index in [2.05, 4.69) is 10.3 Å². The van der Waals surface area contributed by atoms with Crippen LogP contribution in [-0.4, -0.2) is 68.5 Å². The maximum atomic E-state index is 12.7. The molecule has 1 saturated heterocycles. The van der Waals surface area contributed by atoms with Crippen LogP contribution >= 0.6 is 0 Å². The maximum Gasteiger partial charge on any atom is 0.251 e. The highest BCUT2D eigenvalue weighted by atomic mass is 32.2. The van der Waals surface area contributed by atoms with E-state index in [1.807, 2.05) is 35.2 Å². The van der Waals surface area contributed by atoms with Crippen LogP contribution < -0.4 is 10.2 Å². The quantitative estimate of drug-likeness (QED) is 0.374. The molecule has 1 aliphatic rings. The third-order valence-corrected chi connectivity index (χ3v) is 9.42. The lowest BCUT2D eigenvalue weighted by Crippen LogP contribution is -2.40. The number of sulfone groups is 2. The third-order valence-electron chi connectivity index (χ3n) is 6.58. The summed E-state index contributed by atoms with van der Waals surface area (Å²) in [6.07, 6.45) is 2.79. The van der Waals surface area contributed by atoms with Gasteiger partial charge in [0.2, 0.25) is 0 Å². The highest BCUT2D eigenvalue weighted by Crippen LogP contribution is 2.23. The predicted octanol–water partition coefficient (Wildman–Crippen LogP) is 2.57. The molecule has 202 valence electrons. The van der Waals surface area contributed by atoms with E-state index in [0.717, 1.165) is 11.6 Å². The molecule has 0 radical (unpaired) electrons. The number of aromatic nitrogens is 3. The summed E-state index contributed by atoms with van der Waals surface area (Å²) in [5.41, 5.74) is 3.42. The van der Waals surface area contributed by atoms with Gasteiger partial charge in [0.05, 0.1) is 45.5 Å². The van der Waals surface area contributed by atoms with Crippen LogP contribution in [0.3, 0.4) is 0 Å². The molecule has 12 heteroatoms. The van der Waals surface area contributed by atoms with Crippen molar-refractivity contribution in [1.29, 1.82) is 0 Å². The van der Waals surface area contributed by atoms with E-state index in [1.54, 1.807) is 31.3 Å². The topological polar surface area (TPSA) is 139 Å². The number of hydrogen-bond donors (Lipinski definition) is 1. The molecular weight excluding hydrogens is 538 g/mol. The van der Waals surface area contributed by atoms with Crippen molar-refractivity contribution in [1.82, 2.24) is 20.3 Å². The third kappa shape index (κ3) is 6.07. The molecule has 1 N–H and O–H groups in total. The number of carbonyl (C=O) groups is 1. The number of rotatable bonds is 6. The second-order valence-electron chi connectivity index (χ2n) is 9.52. The molecule has 1 aromatic carbocycles. The van der Waals surface area contributed by atoms with Crippen LogP contribution in [0, 0.1) is 6.92 Å². The number of fused-ring (bicyclic) bond motifs is 1. The minimum atomic E-state index is -3.45. The van der Waals surface area contributed by atoms with Crippen LogP contribution in [-0.2, 0) is 26.2 Å². The van der Waals surface area contributed by atoms with E-state index >= 15 is 0 Å². The van der Waals surface area contributed by atoms with E-state index in [0.29, 0.717) is 47.1 Å². The molecule has 1 fully saturated rings. The summed E-state index contributed by atoms with van der Waals surface area (Å²) in [6.45, 7) is 2.63. The normalized spacial score (nSPS) is 15.3. The fourth-order valence-corrected chi connectivity index (χ4v) is 6.59. The molecule has 0 saturated carbocycles. The zero-order chi connectivity index (χ0) is 27.8. The van der Waals surface area contributed by atoms with Gasteiger partial charge in [-0.1, -0.05) is 12.1 Å². The summed E-state index contributed by atoms with van der Waals surface area (Å²) in [7, 11) is -6.44. The van der Waals surface area contributed by atoms with E-state index in [9.17, 15) is 21.6 Å². The van der Waals surface area contributed by atoms with Crippen LogP contribution in [0.4, 0.5) is 5.82 Å². The van der Waals surface area contributed by atoms with Gasteiger partial charge in [0, 0.05) is 36.5 Å². The Hall–Kier alpha value is -3.90. The highest BCUT2D eigenvalue weighted by molar-refractivity contribution is 7.91. The zero-order valence-corrected chi connectivity index (χ0v) is 23.1. The molecule has 3 aromatic heterocycles. The number of nitrogens with zero attached hydrogens (tertiary/aromatic N) is 4. The van der Waals surface area contributed by atoms with Crippen LogP contribution in [0.15, 0.2) is 65.7 Å². The smallest absolute Gasteiger partial charge is 0.251 e. The lowest BCUT2D eigenvalue weighted by molar-refractivity contribution is 0.0950. The van der Waals surface area contributed by atoms with Crippen molar-refractivity contribution in [2.45, 2.75) is 18.4 Å². The Morgan fingerprint density at radius 1 is 1.00 bits per heavy atom. The highest BCUT2D eigenvalue weighted by Gasteiger charge is 2.22. The second-order valence-corrected chi connectivity index (χ2v) is 13.8. The number of pyridine rings is 3. The molecule has 1 amide bonds. The monoisotopic (exact) mass is 565 g/mol. The minimum absolute atomic E-state index is 0.113. The predicted molar refractivity (Wildman–Crippen MR) is 149 cm³/mol. The maximum absolute atomic E-state index is 12.7. The SMILES string of the molecule is Cc1ccc(C(=O)NCc2cc3nc(-c4cccc(N5CCS(=O)(=O)CC5)n4)ccc3cn2)cc1S(C)(=O)=O. The lowest BCUT2D eigenvalue weighted by Gasteiger charge is -2.27. The van der Waals surface area contributed by atoms with Gasteiger partial charge >= 0.3 is 0 Å². The summed E-state index contributed by atoms with van der Waals surface area (Å²) in [5, 5.41) is 3.61. The zero-order valence-electron chi connectivity index (χ0n) is 21.5. The second kappa shape index (κ2) is 10.3. The average Bonchev–Trinajstić information content (AvgIpc) is 2.91. The molecule has 0 atom stereocenters. The van der Waals surface area contributed by atoms with Gasteiger partial charge in [-0.2, -0.15) is 0 Å². The summed E-state index contributed by atoms with van der Waals surface area (Å²) in [6, 6.07) is 15.7. The molecule has 39 heavy (non-hydrogen) atoms. The standard InChI is InChI=1S/C27H27N5O5S2/c1-18-6-7-19(14-25(18)38(2,34)35)27(33)29-17-21-15-24-20(16-28-21)8-9-23(30-24)22-4-3-5-26(31-22)32-10-12-39(36,37)13-11-32/h3-9,14-16H,10-13,17H2,1-2H3,(H,29,33). The van der Waals surface area contributed by atoms with Gasteiger partial charge in [0.25, 0.3) is 5.91 Å². The van der Waals surface area contributed by atoms with E-state index in [4.69, 9.17) is 9.97 Å². The number of hydrogen-bond acceptors (Lipinski definition) is 9. The van der Waals surface area contributed by atoms with Gasteiger partial charge in [0.1, 0.15) is 5.82 Å². The van der Waals surface area contributed by atoms with Gasteiger partial charge < -0.3 is 10.2 Å². The number of amides is 1. The Morgan fingerprint density at radius 3 is 2.49 bits per heavy atom. The molecule has 1 aliphatic heterocycles. The summed E-state index contributed by atoms with van der Waals surface area (Å²) in [4.78, 5) is 28.7. The van der Waals surface area contributed by atoms with Gasteiger partial charge in [0.15, 0.2) is 19.7 Å². The van der Waals surface area contributed by atoms with E-state index in [-0.39, 0.29) is 28.5 Å². The van der Waals surface area contributed by atoms with Gasteiger partial charge in [-0.3, -0.25) is 9.78 Å². The Bertz CT molecular complexity index is 1790. The molecule has 4 aromatic rings. The van der Waals surface area contributed by atoms with E-state index in [1.165, 1.54) is 6.07 Å². The van der Waals surface area contributed by atoms with Crippen molar-refractivity contribution in [3.8, 4) is 11.4 Å². The lowest BCUT2D eigenvalue weighted by atomic mass is 10.1. The number of nitrogens with one attached hydrogen (secondary N) is 1. The fourth-order valence-electron chi connectivity index (χ4n) is 4.39. The Morgan fingerprint density at radius 2 is 1.74 bits per heavy atom. The Labute approximate surface area is 227 Å². The molecule has 5 rings (SSSR count). The van der Waals surface area contributed by atoms with Gasteiger partial charge in [-0.05, 0) is 55.0 Å².